The van der Waals surface area contributed by atoms with Crippen molar-refractivity contribution in [2.24, 2.45) is 5.41 Å². The van der Waals surface area contributed by atoms with Crippen LogP contribution in [-0.4, -0.2) is 25.5 Å². The van der Waals surface area contributed by atoms with E-state index in [0.29, 0.717) is 19.5 Å². The minimum absolute atomic E-state index is 0.280. The molecule has 2 aromatic rings. The first kappa shape index (κ1) is 20.5. The molecule has 5 nitrogen and oxygen atoms in total. The highest BCUT2D eigenvalue weighted by Gasteiger charge is 2.35. The summed E-state index contributed by atoms with van der Waals surface area (Å²) in [5, 5.41) is 5.70. The van der Waals surface area contributed by atoms with Crippen molar-refractivity contribution in [3.63, 3.8) is 0 Å². The molecule has 0 saturated carbocycles. The minimum Gasteiger partial charge on any atom is -0.497 e. The van der Waals surface area contributed by atoms with E-state index in [1.165, 1.54) is 5.56 Å². The Morgan fingerprint density at radius 1 is 0.889 bits per heavy atom. The van der Waals surface area contributed by atoms with E-state index >= 15 is 0 Å². The van der Waals surface area contributed by atoms with Gasteiger partial charge in [0.2, 0.25) is 11.8 Å². The number of carbonyl (C=O) groups is 2. The molecule has 0 radical (unpaired) electrons. The Morgan fingerprint density at radius 2 is 1.44 bits per heavy atom. The third kappa shape index (κ3) is 5.84. The first-order chi connectivity index (χ1) is 12.8. The van der Waals surface area contributed by atoms with Gasteiger partial charge in [-0.25, -0.2) is 0 Å². The summed E-state index contributed by atoms with van der Waals surface area (Å²) in [7, 11) is 1.63. The molecule has 2 amide bonds. The van der Waals surface area contributed by atoms with E-state index in [2.05, 4.69) is 10.6 Å². The highest BCUT2D eigenvalue weighted by atomic mass is 16.5. The van der Waals surface area contributed by atoms with Crippen molar-refractivity contribution in [2.75, 3.05) is 13.7 Å². The van der Waals surface area contributed by atoms with E-state index in [0.717, 1.165) is 16.9 Å². The molecule has 2 N–H and O–H groups in total. The summed E-state index contributed by atoms with van der Waals surface area (Å²) in [6.07, 6.45) is 0.691. The lowest BCUT2D eigenvalue weighted by Gasteiger charge is -2.23. The number of hydrogen-bond acceptors (Lipinski definition) is 3. The molecule has 144 valence electrons. The monoisotopic (exact) mass is 368 g/mol. The molecule has 0 saturated heterocycles. The second-order valence-electron chi connectivity index (χ2n) is 7.15. The third-order valence-electron chi connectivity index (χ3n) is 4.57. The summed E-state index contributed by atoms with van der Waals surface area (Å²) < 4.78 is 5.13. The van der Waals surface area contributed by atoms with Crippen LogP contribution in [0.25, 0.3) is 0 Å². The molecule has 0 heterocycles. The minimum atomic E-state index is -1.13. The highest BCUT2D eigenvalue weighted by Crippen LogP contribution is 2.16. The Morgan fingerprint density at radius 3 is 2.04 bits per heavy atom. The number of hydrogen-bond donors (Lipinski definition) is 2. The zero-order chi connectivity index (χ0) is 19.9. The van der Waals surface area contributed by atoms with E-state index in [1.54, 1.807) is 21.0 Å². The molecule has 0 aliphatic rings. The molecule has 2 aromatic carbocycles. The number of rotatable bonds is 8. The average Bonchev–Trinajstić information content (AvgIpc) is 2.67. The second kappa shape index (κ2) is 9.21. The number of methoxy groups -OCH3 is 1. The molecule has 0 fully saturated rings. The molecular weight excluding hydrogens is 340 g/mol. The van der Waals surface area contributed by atoms with Crippen LogP contribution < -0.4 is 15.4 Å². The van der Waals surface area contributed by atoms with Gasteiger partial charge in [0, 0.05) is 13.1 Å². The van der Waals surface area contributed by atoms with E-state index < -0.39 is 5.41 Å². The van der Waals surface area contributed by atoms with Crippen molar-refractivity contribution in [3.8, 4) is 5.75 Å². The van der Waals surface area contributed by atoms with Crippen LogP contribution in [0.3, 0.4) is 0 Å². The van der Waals surface area contributed by atoms with Gasteiger partial charge in [-0.3, -0.25) is 9.59 Å². The van der Waals surface area contributed by atoms with Gasteiger partial charge < -0.3 is 15.4 Å². The molecule has 0 atom stereocenters. The summed E-state index contributed by atoms with van der Waals surface area (Å²) in [5.41, 5.74) is 2.13. The largest absolute Gasteiger partial charge is 0.497 e. The molecule has 0 spiro atoms. The van der Waals surface area contributed by atoms with E-state index in [9.17, 15) is 9.59 Å². The van der Waals surface area contributed by atoms with Gasteiger partial charge in [-0.05, 0) is 50.5 Å². The fourth-order valence-corrected chi connectivity index (χ4v) is 2.55. The normalized spacial score (nSPS) is 11.0. The maximum atomic E-state index is 12.5. The molecule has 5 heteroatoms. The van der Waals surface area contributed by atoms with Crippen molar-refractivity contribution in [1.82, 2.24) is 10.6 Å². The van der Waals surface area contributed by atoms with Crippen LogP contribution in [-0.2, 0) is 22.6 Å². The number of nitrogens with one attached hydrogen (secondary N) is 2. The first-order valence-corrected chi connectivity index (χ1v) is 9.08. The molecule has 27 heavy (non-hydrogen) atoms. The van der Waals surface area contributed by atoms with Gasteiger partial charge in [0.15, 0.2) is 0 Å². The van der Waals surface area contributed by atoms with Crippen LogP contribution in [0.1, 0.15) is 30.5 Å². The Bertz CT molecular complexity index is 765. The van der Waals surface area contributed by atoms with Crippen molar-refractivity contribution < 1.29 is 14.3 Å². The predicted molar refractivity (Wildman–Crippen MR) is 107 cm³/mol. The lowest BCUT2D eigenvalue weighted by atomic mass is 9.91. The van der Waals surface area contributed by atoms with Gasteiger partial charge in [0.1, 0.15) is 11.2 Å². The second-order valence-corrected chi connectivity index (χ2v) is 7.15. The molecule has 0 aliphatic heterocycles. The van der Waals surface area contributed by atoms with Crippen molar-refractivity contribution in [2.45, 2.75) is 33.7 Å². The molecular formula is C22H28N2O3. The van der Waals surface area contributed by atoms with E-state index in [4.69, 9.17) is 4.74 Å². The molecule has 2 rings (SSSR count). The number of benzene rings is 2. The van der Waals surface area contributed by atoms with Gasteiger partial charge in [-0.2, -0.15) is 0 Å². The lowest BCUT2D eigenvalue weighted by Crippen LogP contribution is -2.48. The van der Waals surface area contributed by atoms with Crippen LogP contribution >= 0.6 is 0 Å². The predicted octanol–water partition coefficient (Wildman–Crippen LogP) is 3.00. The van der Waals surface area contributed by atoms with Crippen LogP contribution in [0.5, 0.6) is 5.75 Å². The number of aryl methyl sites for hydroxylation is 1. The van der Waals surface area contributed by atoms with Crippen molar-refractivity contribution >= 4 is 11.8 Å². The SMILES string of the molecule is COc1ccc(CCNC(=O)C(C)(C)C(=O)NCc2ccc(C)cc2)cc1. The zero-order valence-corrected chi connectivity index (χ0v) is 16.5. The molecule has 0 aliphatic carbocycles. The van der Waals surface area contributed by atoms with Crippen LogP contribution in [0.2, 0.25) is 0 Å². The highest BCUT2D eigenvalue weighted by molar-refractivity contribution is 6.04. The molecule has 0 aromatic heterocycles. The van der Waals surface area contributed by atoms with Crippen molar-refractivity contribution in [1.29, 1.82) is 0 Å². The maximum absolute atomic E-state index is 12.5. The number of ether oxygens (including phenoxy) is 1. The maximum Gasteiger partial charge on any atom is 0.235 e. The summed E-state index contributed by atoms with van der Waals surface area (Å²) in [4.78, 5) is 24.9. The van der Waals surface area contributed by atoms with Gasteiger partial charge >= 0.3 is 0 Å². The van der Waals surface area contributed by atoms with Gasteiger partial charge in [0.05, 0.1) is 7.11 Å². The summed E-state index contributed by atoms with van der Waals surface area (Å²) in [5.74, 6) is 0.233. The van der Waals surface area contributed by atoms with Crippen LogP contribution in [0.15, 0.2) is 48.5 Å². The Labute approximate surface area is 161 Å². The topological polar surface area (TPSA) is 67.4 Å². The van der Waals surface area contributed by atoms with Gasteiger partial charge in [0.25, 0.3) is 0 Å². The average molecular weight is 368 g/mol. The Kier molecular flexibility index (Phi) is 6.99. The van der Waals surface area contributed by atoms with Crippen molar-refractivity contribution in [3.05, 3.63) is 65.2 Å². The zero-order valence-electron chi connectivity index (χ0n) is 16.5. The Hall–Kier alpha value is -2.82. The quantitative estimate of drug-likeness (QED) is 0.704. The summed E-state index contributed by atoms with van der Waals surface area (Å²) >= 11 is 0. The summed E-state index contributed by atoms with van der Waals surface area (Å²) in [6.45, 7) is 6.17. The van der Waals surface area contributed by atoms with E-state index in [-0.39, 0.29) is 11.8 Å². The Balaban J connectivity index is 1.81. The molecule has 0 bridgehead atoms. The van der Waals surface area contributed by atoms with Gasteiger partial charge in [-0.1, -0.05) is 42.0 Å². The smallest absolute Gasteiger partial charge is 0.235 e. The fourth-order valence-electron chi connectivity index (χ4n) is 2.55. The van der Waals surface area contributed by atoms with Crippen LogP contribution in [0.4, 0.5) is 0 Å². The number of amides is 2. The standard InChI is InChI=1S/C22H28N2O3/c1-16-5-7-18(8-6-16)15-24-21(26)22(2,3)20(25)23-14-13-17-9-11-19(27-4)12-10-17/h5-12H,13-15H2,1-4H3,(H,23,25)(H,24,26). The molecule has 0 unspecified atom stereocenters. The summed E-state index contributed by atoms with van der Waals surface area (Å²) in [6, 6.07) is 15.6. The number of carbonyl (C=O) groups excluding carboxylic acids is 2. The third-order valence-corrected chi connectivity index (χ3v) is 4.57. The lowest BCUT2D eigenvalue weighted by molar-refractivity contribution is -0.141. The fraction of sp³-hybridized carbons (Fsp3) is 0.364. The van der Waals surface area contributed by atoms with E-state index in [1.807, 2.05) is 55.5 Å². The first-order valence-electron chi connectivity index (χ1n) is 9.08. The van der Waals surface area contributed by atoms with Crippen LogP contribution in [0, 0.1) is 12.3 Å². The van der Waals surface area contributed by atoms with Gasteiger partial charge in [-0.15, -0.1) is 0 Å².